The van der Waals surface area contributed by atoms with Crippen LogP contribution in [0.25, 0.3) is 0 Å². The third-order valence-corrected chi connectivity index (χ3v) is 7.20. The molecule has 0 aromatic heterocycles. The normalized spacial score (nSPS) is 16.5. The van der Waals surface area contributed by atoms with E-state index in [-0.39, 0.29) is 11.0 Å². The first-order valence-electron chi connectivity index (χ1n) is 8.82. The summed E-state index contributed by atoms with van der Waals surface area (Å²) >= 11 is 1.66. The van der Waals surface area contributed by atoms with Crippen LogP contribution in [-0.4, -0.2) is 41.9 Å². The number of carboxylic acid groups (broad SMARTS) is 1. The molecule has 0 spiro atoms. The molecule has 1 aliphatic heterocycles. The van der Waals surface area contributed by atoms with E-state index in [9.17, 15) is 18.3 Å². The molecule has 6 nitrogen and oxygen atoms in total. The highest BCUT2D eigenvalue weighted by molar-refractivity contribution is 8.08. The van der Waals surface area contributed by atoms with E-state index in [0.29, 0.717) is 22.1 Å². The van der Waals surface area contributed by atoms with Crippen LogP contribution in [-0.2, 0) is 9.84 Å². The highest BCUT2D eigenvalue weighted by Crippen LogP contribution is 2.33. The number of rotatable bonds is 6. The summed E-state index contributed by atoms with van der Waals surface area (Å²) in [5.41, 5.74) is -0.0270. The molecule has 28 heavy (non-hydrogen) atoms. The molecule has 0 bridgehead atoms. The van der Waals surface area contributed by atoms with Crippen molar-refractivity contribution in [2.75, 3.05) is 16.4 Å². The fraction of sp³-hybridized carbons (Fsp3) is 0.350. The molecule has 150 valence electrons. The molecule has 1 aliphatic rings. The highest BCUT2D eigenvalue weighted by atomic mass is 32.2. The molecule has 1 amide bonds. The number of nitrogens with zero attached hydrogens (tertiary/aromatic N) is 1. The first kappa shape index (κ1) is 20.5. The lowest BCUT2D eigenvalue weighted by molar-refractivity contribution is 0.195. The third kappa shape index (κ3) is 4.99. The summed E-state index contributed by atoms with van der Waals surface area (Å²) < 4.78 is 30.3. The maximum Gasteiger partial charge on any atom is 0.412 e. The van der Waals surface area contributed by atoms with Gasteiger partial charge >= 0.3 is 6.09 Å². The van der Waals surface area contributed by atoms with E-state index in [1.807, 2.05) is 20.8 Å². The molecule has 1 atom stereocenters. The Kier molecular flexibility index (Phi) is 5.63. The van der Waals surface area contributed by atoms with Gasteiger partial charge in [-0.25, -0.2) is 13.2 Å². The van der Waals surface area contributed by atoms with Gasteiger partial charge in [-0.05, 0) is 69.3 Å². The van der Waals surface area contributed by atoms with Gasteiger partial charge < -0.3 is 9.84 Å². The van der Waals surface area contributed by atoms with Gasteiger partial charge in [-0.3, -0.25) is 4.90 Å². The smallest absolute Gasteiger partial charge is 0.412 e. The maximum absolute atomic E-state index is 12.3. The first-order valence-corrected chi connectivity index (χ1v) is 11.5. The average molecular weight is 422 g/mol. The lowest BCUT2D eigenvalue weighted by Gasteiger charge is -2.33. The first-order chi connectivity index (χ1) is 13.1. The summed E-state index contributed by atoms with van der Waals surface area (Å²) in [6.07, 6.45) is -1.03. The Morgan fingerprint density at radius 1 is 1.11 bits per heavy atom. The van der Waals surface area contributed by atoms with Gasteiger partial charge in [0.15, 0.2) is 9.84 Å². The molecule has 1 saturated heterocycles. The van der Waals surface area contributed by atoms with Crippen LogP contribution in [0.5, 0.6) is 11.5 Å². The molecule has 0 aliphatic carbocycles. The van der Waals surface area contributed by atoms with Crippen molar-refractivity contribution >= 4 is 33.4 Å². The predicted molar refractivity (Wildman–Crippen MR) is 112 cm³/mol. The fourth-order valence-electron chi connectivity index (χ4n) is 2.80. The zero-order valence-corrected chi connectivity index (χ0v) is 17.6. The van der Waals surface area contributed by atoms with Gasteiger partial charge in [-0.1, -0.05) is 0 Å². The van der Waals surface area contributed by atoms with E-state index in [4.69, 9.17) is 4.74 Å². The summed E-state index contributed by atoms with van der Waals surface area (Å²) in [5, 5.41) is 9.68. The molecule has 1 N–H and O–H groups in total. The number of ether oxygens (including phenoxy) is 1. The largest absolute Gasteiger partial charge is 0.465 e. The summed E-state index contributed by atoms with van der Waals surface area (Å²) in [6, 6.07) is 13.1. The SMILES string of the molecule is CC(C)(C)N(C(=O)O)c1ccc(Oc2ccc(S(=O)(=O)CC3CS3)cc2)cc1. The van der Waals surface area contributed by atoms with Crippen molar-refractivity contribution < 1.29 is 23.1 Å². The second-order valence-corrected chi connectivity index (χ2v) is 11.0. The van der Waals surface area contributed by atoms with Crippen molar-refractivity contribution in [3.8, 4) is 11.5 Å². The number of thioether (sulfide) groups is 1. The van der Waals surface area contributed by atoms with Crippen LogP contribution in [0.2, 0.25) is 0 Å². The molecule has 0 saturated carbocycles. The number of anilines is 1. The predicted octanol–water partition coefficient (Wildman–Crippen LogP) is 4.65. The lowest BCUT2D eigenvalue weighted by Crippen LogP contribution is -2.45. The van der Waals surface area contributed by atoms with Crippen molar-refractivity contribution in [3.05, 3.63) is 48.5 Å². The zero-order valence-electron chi connectivity index (χ0n) is 16.0. The highest BCUT2D eigenvalue weighted by Gasteiger charge is 2.30. The molecule has 1 heterocycles. The van der Waals surface area contributed by atoms with E-state index < -0.39 is 21.5 Å². The summed E-state index contributed by atoms with van der Waals surface area (Å²) in [6.45, 7) is 5.47. The fourth-order valence-corrected chi connectivity index (χ4v) is 5.48. The Balaban J connectivity index is 1.71. The van der Waals surface area contributed by atoms with Crippen molar-refractivity contribution in [1.29, 1.82) is 0 Å². The van der Waals surface area contributed by atoms with Crippen LogP contribution in [0.4, 0.5) is 10.5 Å². The lowest BCUT2D eigenvalue weighted by atomic mass is 10.1. The summed E-state index contributed by atoms with van der Waals surface area (Å²) in [4.78, 5) is 13.1. The van der Waals surface area contributed by atoms with Crippen molar-refractivity contribution in [1.82, 2.24) is 0 Å². The molecule has 8 heteroatoms. The minimum absolute atomic E-state index is 0.174. The third-order valence-electron chi connectivity index (χ3n) is 4.18. The Hall–Kier alpha value is -2.19. The molecular formula is C20H23NO5S2. The molecule has 1 fully saturated rings. The number of sulfone groups is 1. The number of carbonyl (C=O) groups is 1. The molecule has 0 radical (unpaired) electrons. The van der Waals surface area contributed by atoms with Gasteiger partial charge in [-0.2, -0.15) is 11.8 Å². The number of hydrogen-bond donors (Lipinski definition) is 1. The van der Waals surface area contributed by atoms with Crippen molar-refractivity contribution in [3.63, 3.8) is 0 Å². The Morgan fingerprint density at radius 2 is 1.61 bits per heavy atom. The van der Waals surface area contributed by atoms with Gasteiger partial charge in [0, 0.05) is 22.2 Å². The van der Waals surface area contributed by atoms with Gasteiger partial charge in [0.05, 0.1) is 10.6 Å². The number of benzene rings is 2. The van der Waals surface area contributed by atoms with Gasteiger partial charge in [0.1, 0.15) is 11.5 Å². The van der Waals surface area contributed by atoms with Crippen LogP contribution in [0, 0.1) is 0 Å². The second-order valence-electron chi connectivity index (χ2n) is 7.59. The van der Waals surface area contributed by atoms with Crippen LogP contribution in [0.3, 0.4) is 0 Å². The molecule has 2 aromatic carbocycles. The molecule has 3 rings (SSSR count). The Labute approximate surface area is 169 Å². The minimum Gasteiger partial charge on any atom is -0.465 e. The quantitative estimate of drug-likeness (QED) is 0.684. The van der Waals surface area contributed by atoms with Crippen LogP contribution < -0.4 is 9.64 Å². The van der Waals surface area contributed by atoms with Crippen LogP contribution in [0.15, 0.2) is 53.4 Å². The number of hydrogen-bond acceptors (Lipinski definition) is 5. The Bertz CT molecular complexity index is 944. The maximum atomic E-state index is 12.3. The van der Waals surface area contributed by atoms with Crippen molar-refractivity contribution in [2.24, 2.45) is 0 Å². The zero-order chi connectivity index (χ0) is 20.5. The van der Waals surface area contributed by atoms with E-state index in [1.54, 1.807) is 60.3 Å². The second kappa shape index (κ2) is 7.67. The topological polar surface area (TPSA) is 83.9 Å². The minimum atomic E-state index is -3.26. The van der Waals surface area contributed by atoms with E-state index in [2.05, 4.69) is 0 Å². The van der Waals surface area contributed by atoms with Gasteiger partial charge in [0.25, 0.3) is 0 Å². The van der Waals surface area contributed by atoms with Crippen LogP contribution >= 0.6 is 11.8 Å². The van der Waals surface area contributed by atoms with E-state index in [0.717, 1.165) is 5.75 Å². The van der Waals surface area contributed by atoms with E-state index in [1.165, 1.54) is 4.90 Å². The number of amides is 1. The molecule has 2 aromatic rings. The van der Waals surface area contributed by atoms with Crippen LogP contribution in [0.1, 0.15) is 20.8 Å². The Morgan fingerprint density at radius 3 is 2.04 bits per heavy atom. The van der Waals surface area contributed by atoms with Gasteiger partial charge in [-0.15, -0.1) is 0 Å². The molecule has 1 unspecified atom stereocenters. The average Bonchev–Trinajstić information content (AvgIpc) is 3.39. The van der Waals surface area contributed by atoms with Crippen molar-refractivity contribution in [2.45, 2.75) is 36.5 Å². The van der Waals surface area contributed by atoms with E-state index >= 15 is 0 Å². The molecular weight excluding hydrogens is 398 g/mol. The standard InChI is InChI=1S/C20H23NO5S2/c1-20(2,3)21(19(22)23)14-4-6-15(7-5-14)26-16-8-10-18(11-9-16)28(24,25)13-17-12-27-17/h4-11,17H,12-13H2,1-3H3,(H,22,23). The monoisotopic (exact) mass is 421 g/mol. The van der Waals surface area contributed by atoms with Gasteiger partial charge in [0.2, 0.25) is 0 Å². The summed E-state index contributed by atoms with van der Waals surface area (Å²) in [7, 11) is -3.26. The summed E-state index contributed by atoms with van der Waals surface area (Å²) in [5.74, 6) is 2.13.